The average molecular weight is 575 g/mol. The Kier molecular flexibility index (Phi) is 9.02. The summed E-state index contributed by atoms with van der Waals surface area (Å²) in [4.78, 5) is 41.4. The van der Waals surface area contributed by atoms with Gasteiger partial charge in [-0.25, -0.2) is 14.6 Å². The number of imidazole rings is 1. The van der Waals surface area contributed by atoms with Gasteiger partial charge < -0.3 is 29.8 Å². The maximum Gasteiger partial charge on any atom is 0.350 e. The largest absolute Gasteiger partial charge is 0.463 e. The van der Waals surface area contributed by atoms with Crippen molar-refractivity contribution in [3.63, 3.8) is 0 Å². The number of aliphatic hydroxyl groups is 1. The second-order valence-corrected chi connectivity index (χ2v) is 9.03. The molecule has 4 atom stereocenters. The molecule has 1 unspecified atom stereocenters. The first-order valence-electron chi connectivity index (χ1n) is 12.3. The molecule has 0 aliphatic carbocycles. The summed E-state index contributed by atoms with van der Waals surface area (Å²) in [7, 11) is 0. The molecule has 0 bridgehead atoms. The summed E-state index contributed by atoms with van der Waals surface area (Å²) in [5, 5.41) is 14.6. The van der Waals surface area contributed by atoms with Crippen molar-refractivity contribution in [1.82, 2.24) is 19.5 Å². The van der Waals surface area contributed by atoms with Crippen molar-refractivity contribution in [2.24, 2.45) is 5.11 Å². The van der Waals surface area contributed by atoms with E-state index >= 15 is 0 Å². The molecular formula is C24H27ClN8O7. The van der Waals surface area contributed by atoms with Crippen molar-refractivity contribution in [1.29, 1.82) is 0 Å². The predicted molar refractivity (Wildman–Crippen MR) is 140 cm³/mol. The summed E-state index contributed by atoms with van der Waals surface area (Å²) in [6.07, 6.45) is -2.61. The van der Waals surface area contributed by atoms with Gasteiger partial charge in [-0.2, -0.15) is 9.97 Å². The van der Waals surface area contributed by atoms with Crippen LogP contribution < -0.4 is 5.73 Å². The van der Waals surface area contributed by atoms with Crippen molar-refractivity contribution >= 4 is 40.5 Å². The van der Waals surface area contributed by atoms with Crippen molar-refractivity contribution < 1.29 is 33.6 Å². The molecule has 3 aromatic rings. The average Bonchev–Trinajstić information content (AvgIpc) is 3.48. The minimum atomic E-state index is -2.21. The molecule has 4 rings (SSSR count). The number of hydrogen-bond donors (Lipinski definition) is 2. The number of nitrogens with zero attached hydrogens (tertiary/aromatic N) is 7. The van der Waals surface area contributed by atoms with E-state index in [4.69, 9.17) is 36.3 Å². The van der Waals surface area contributed by atoms with E-state index in [1.54, 1.807) is 44.2 Å². The molecule has 40 heavy (non-hydrogen) atoms. The van der Waals surface area contributed by atoms with E-state index in [0.717, 1.165) is 0 Å². The van der Waals surface area contributed by atoms with Gasteiger partial charge in [-0.1, -0.05) is 35.4 Å². The minimum absolute atomic E-state index is 0.0158. The first kappa shape index (κ1) is 29.0. The van der Waals surface area contributed by atoms with Gasteiger partial charge in [0.2, 0.25) is 5.28 Å². The third-order valence-electron chi connectivity index (χ3n) is 6.22. The maximum atomic E-state index is 13.2. The molecule has 15 nitrogen and oxygen atoms in total. The lowest BCUT2D eigenvalue weighted by molar-refractivity contribution is -0.197. The molecule has 1 fully saturated rings. The fourth-order valence-electron chi connectivity index (χ4n) is 4.38. The Labute approximate surface area is 232 Å². The number of halogens is 1. The van der Waals surface area contributed by atoms with Crippen LogP contribution in [-0.4, -0.2) is 80.2 Å². The van der Waals surface area contributed by atoms with Crippen LogP contribution in [0.25, 0.3) is 21.6 Å². The fourth-order valence-corrected chi connectivity index (χ4v) is 4.55. The van der Waals surface area contributed by atoms with Gasteiger partial charge in [0.05, 0.1) is 32.3 Å². The Hall–Kier alpha value is -4.01. The quantitative estimate of drug-likeness (QED) is 0.0845. The first-order chi connectivity index (χ1) is 19.2. The smallest absolute Gasteiger partial charge is 0.350 e. The first-order valence-corrected chi connectivity index (χ1v) is 12.7. The highest BCUT2D eigenvalue weighted by Crippen LogP contribution is 2.36. The van der Waals surface area contributed by atoms with Crippen LogP contribution in [0.1, 0.15) is 25.6 Å². The molecule has 212 valence electrons. The number of carbonyl (C=O) groups is 2. The normalized spacial score (nSPS) is 20.7. The number of nitrogens with two attached hydrogens (primary N) is 1. The molecule has 0 amide bonds. The molecule has 0 spiro atoms. The number of anilines is 1. The van der Waals surface area contributed by atoms with Crippen LogP contribution in [-0.2, 0) is 35.0 Å². The Morgan fingerprint density at radius 3 is 2.52 bits per heavy atom. The van der Waals surface area contributed by atoms with Crippen molar-refractivity contribution in [2.75, 3.05) is 25.6 Å². The molecule has 1 aliphatic rings. The van der Waals surface area contributed by atoms with E-state index in [9.17, 15) is 20.2 Å². The summed E-state index contributed by atoms with van der Waals surface area (Å²) >= 11 is 5.97. The standard InChI is InChI=1S/C24H27ClN8O7/c1-3-37-21(35)24(22(36)38-4-2,10-13-8-6-5-7-9-13)39-11-14-17(34)15(31-32-27)20(40-14)33-12-28-16-18(26)29-23(25)30-19(16)33/h5-9,12,14-15,17,20,34H,3-4,10-11H2,1-2H3,(H2,26,29,30)/t14-,15?,17-,20-/m1/s1. The highest BCUT2D eigenvalue weighted by Gasteiger charge is 2.53. The monoisotopic (exact) mass is 574 g/mol. The number of fused-ring (bicyclic) bond motifs is 1. The Morgan fingerprint density at radius 2 is 1.90 bits per heavy atom. The number of esters is 2. The van der Waals surface area contributed by atoms with E-state index in [1.807, 2.05) is 0 Å². The van der Waals surface area contributed by atoms with E-state index in [-0.39, 0.29) is 41.9 Å². The molecule has 0 saturated carbocycles. The van der Waals surface area contributed by atoms with Crippen molar-refractivity contribution in [3.8, 4) is 0 Å². The van der Waals surface area contributed by atoms with Crippen LogP contribution in [0, 0.1) is 0 Å². The number of aromatic nitrogens is 4. The zero-order valence-corrected chi connectivity index (χ0v) is 22.3. The van der Waals surface area contributed by atoms with Gasteiger partial charge in [0.15, 0.2) is 11.5 Å². The number of nitrogen functional groups attached to an aromatic ring is 1. The van der Waals surface area contributed by atoms with Crippen LogP contribution in [0.15, 0.2) is 41.8 Å². The highest BCUT2D eigenvalue weighted by atomic mass is 35.5. The zero-order valence-electron chi connectivity index (χ0n) is 21.6. The number of ether oxygens (including phenoxy) is 4. The molecule has 1 saturated heterocycles. The number of carbonyl (C=O) groups excluding carboxylic acids is 2. The van der Waals surface area contributed by atoms with Gasteiger partial charge in [0, 0.05) is 11.3 Å². The van der Waals surface area contributed by atoms with Gasteiger partial charge in [-0.3, -0.25) is 4.57 Å². The molecule has 1 aromatic carbocycles. The second kappa shape index (κ2) is 12.4. The van der Waals surface area contributed by atoms with E-state index < -0.39 is 48.6 Å². The maximum absolute atomic E-state index is 13.2. The third-order valence-corrected chi connectivity index (χ3v) is 6.39. The number of aliphatic hydroxyl groups excluding tert-OH is 1. The van der Waals surface area contributed by atoms with Gasteiger partial charge in [-0.05, 0) is 36.5 Å². The van der Waals surface area contributed by atoms with Gasteiger partial charge in [0.1, 0.15) is 23.9 Å². The number of hydrogen-bond acceptors (Lipinski definition) is 12. The topological polar surface area (TPSA) is 210 Å². The van der Waals surface area contributed by atoms with Crippen molar-refractivity contribution in [2.45, 2.75) is 50.3 Å². The molecule has 1 aliphatic heterocycles. The van der Waals surface area contributed by atoms with E-state index in [2.05, 4.69) is 25.0 Å². The molecule has 0 radical (unpaired) electrons. The third kappa shape index (κ3) is 5.64. The van der Waals surface area contributed by atoms with Crippen LogP contribution in [0.4, 0.5) is 5.82 Å². The molecule has 3 heterocycles. The lowest BCUT2D eigenvalue weighted by Gasteiger charge is -2.30. The van der Waals surface area contributed by atoms with Crippen LogP contribution in [0.5, 0.6) is 0 Å². The number of rotatable bonds is 11. The van der Waals surface area contributed by atoms with Crippen molar-refractivity contribution in [3.05, 3.63) is 57.9 Å². The van der Waals surface area contributed by atoms with Crippen LogP contribution in [0.2, 0.25) is 5.28 Å². The summed E-state index contributed by atoms with van der Waals surface area (Å²) in [5.74, 6) is -1.91. The van der Waals surface area contributed by atoms with E-state index in [0.29, 0.717) is 5.56 Å². The highest BCUT2D eigenvalue weighted by molar-refractivity contribution is 6.28. The van der Waals surface area contributed by atoms with Gasteiger partial charge >= 0.3 is 11.9 Å². The molecule has 16 heteroatoms. The van der Waals surface area contributed by atoms with Crippen LogP contribution >= 0.6 is 11.6 Å². The molecular weight excluding hydrogens is 548 g/mol. The minimum Gasteiger partial charge on any atom is -0.463 e. The Bertz CT molecular complexity index is 1400. The summed E-state index contributed by atoms with van der Waals surface area (Å²) in [5.41, 5.74) is 13.8. The van der Waals surface area contributed by atoms with Gasteiger partial charge in [-0.15, -0.1) is 0 Å². The van der Waals surface area contributed by atoms with Gasteiger partial charge in [0.25, 0.3) is 5.60 Å². The molecule has 3 N–H and O–H groups in total. The lowest BCUT2D eigenvalue weighted by atomic mass is 9.93. The SMILES string of the molecule is CCOC(=O)C(Cc1ccccc1)(OC[C@H]1O[C@@H](n2cnc3c(N)nc(Cl)nc32)C(N=[N+]=[N-])[C@@H]1O)C(=O)OCC. The predicted octanol–water partition coefficient (Wildman–Crippen LogP) is 2.12. The fraction of sp³-hybridized carbons (Fsp3) is 0.458. The molecule has 2 aromatic heterocycles. The summed E-state index contributed by atoms with van der Waals surface area (Å²) in [6, 6.07) is 7.52. The van der Waals surface area contributed by atoms with E-state index in [1.165, 1.54) is 10.9 Å². The number of benzene rings is 1. The Balaban J connectivity index is 1.67. The summed E-state index contributed by atoms with van der Waals surface area (Å²) in [6.45, 7) is 2.65. The lowest BCUT2D eigenvalue weighted by Crippen LogP contribution is -2.54. The van der Waals surface area contributed by atoms with Crippen LogP contribution in [0.3, 0.4) is 0 Å². The zero-order chi connectivity index (χ0) is 28.9. The summed E-state index contributed by atoms with van der Waals surface area (Å²) < 4.78 is 23.8. The Morgan fingerprint density at radius 1 is 1.23 bits per heavy atom. The number of azide groups is 1. The second-order valence-electron chi connectivity index (χ2n) is 8.69.